The second kappa shape index (κ2) is 11.6. The second-order valence-corrected chi connectivity index (χ2v) is 8.14. The van der Waals surface area contributed by atoms with Gasteiger partial charge in [0.05, 0.1) is 0 Å². The number of hydrogen-bond acceptors (Lipinski definition) is 3. The Bertz CT molecular complexity index is 854. The molecule has 30 heavy (non-hydrogen) atoms. The summed E-state index contributed by atoms with van der Waals surface area (Å²) in [6, 6.07) is 14.3. The van der Waals surface area contributed by atoms with Crippen molar-refractivity contribution in [1.82, 2.24) is 10.2 Å². The zero-order chi connectivity index (χ0) is 22.1. The van der Waals surface area contributed by atoms with Crippen LogP contribution < -0.4 is 10.1 Å². The molecule has 1 atom stereocenters. The normalized spacial score (nSPS) is 11.8. The number of halogens is 1. The number of para-hydroxylation sites is 1. The third kappa shape index (κ3) is 6.77. The number of nitrogens with one attached hydrogen (secondary N) is 1. The monoisotopic (exact) mass is 430 g/mol. The van der Waals surface area contributed by atoms with Crippen LogP contribution in [0.1, 0.15) is 38.3 Å². The van der Waals surface area contributed by atoms with Gasteiger partial charge in [0.15, 0.2) is 6.61 Å². The quantitative estimate of drug-likeness (QED) is 0.598. The van der Waals surface area contributed by atoms with E-state index < -0.39 is 6.04 Å². The molecule has 6 heteroatoms. The Kier molecular flexibility index (Phi) is 9.18. The van der Waals surface area contributed by atoms with Gasteiger partial charge in [-0.2, -0.15) is 0 Å². The molecule has 0 heterocycles. The topological polar surface area (TPSA) is 58.6 Å². The van der Waals surface area contributed by atoms with Crippen LogP contribution in [0.5, 0.6) is 5.75 Å². The lowest BCUT2D eigenvalue weighted by Gasteiger charge is -2.31. The van der Waals surface area contributed by atoms with Gasteiger partial charge in [-0.15, -0.1) is 0 Å². The predicted octanol–water partition coefficient (Wildman–Crippen LogP) is 4.61. The van der Waals surface area contributed by atoms with Gasteiger partial charge in [-0.1, -0.05) is 68.8 Å². The summed E-state index contributed by atoms with van der Waals surface area (Å²) < 4.78 is 5.76. The molecule has 0 bridgehead atoms. The molecule has 0 spiro atoms. The summed E-state index contributed by atoms with van der Waals surface area (Å²) in [6.45, 7) is 8.54. The van der Waals surface area contributed by atoms with Crippen molar-refractivity contribution >= 4 is 23.4 Å². The summed E-state index contributed by atoms with van der Waals surface area (Å²) in [5.41, 5.74) is 1.74. The van der Waals surface area contributed by atoms with Gasteiger partial charge in [-0.05, 0) is 42.5 Å². The van der Waals surface area contributed by atoms with Gasteiger partial charge < -0.3 is 15.0 Å². The van der Waals surface area contributed by atoms with Crippen molar-refractivity contribution in [3.8, 4) is 5.75 Å². The largest absolute Gasteiger partial charge is 0.484 e. The molecule has 0 fully saturated rings. The van der Waals surface area contributed by atoms with Crippen molar-refractivity contribution in [3.63, 3.8) is 0 Å². The average molecular weight is 431 g/mol. The average Bonchev–Trinajstić information content (AvgIpc) is 2.72. The Morgan fingerprint density at radius 1 is 1.10 bits per heavy atom. The Labute approximate surface area is 184 Å². The summed E-state index contributed by atoms with van der Waals surface area (Å²) in [6.07, 6.45) is 0.491. The number of hydrogen-bond donors (Lipinski definition) is 1. The van der Waals surface area contributed by atoms with E-state index in [2.05, 4.69) is 5.32 Å². The van der Waals surface area contributed by atoms with Crippen molar-refractivity contribution in [2.24, 2.45) is 5.92 Å². The van der Waals surface area contributed by atoms with Crippen molar-refractivity contribution in [3.05, 3.63) is 64.7 Å². The minimum Gasteiger partial charge on any atom is -0.484 e. The van der Waals surface area contributed by atoms with Gasteiger partial charge in [0.2, 0.25) is 5.91 Å². The zero-order valence-electron chi connectivity index (χ0n) is 18.2. The van der Waals surface area contributed by atoms with Crippen molar-refractivity contribution in [1.29, 1.82) is 0 Å². The number of nitrogens with zero attached hydrogens (tertiary/aromatic N) is 1. The first kappa shape index (κ1) is 23.7. The number of aryl methyl sites for hydroxylation is 1. The molecule has 0 aliphatic rings. The first-order valence-corrected chi connectivity index (χ1v) is 10.7. The first-order valence-electron chi connectivity index (χ1n) is 10.3. The van der Waals surface area contributed by atoms with Crippen LogP contribution in [0.2, 0.25) is 5.02 Å². The molecule has 0 saturated heterocycles. The highest BCUT2D eigenvalue weighted by Gasteiger charge is 2.29. The third-order valence-electron chi connectivity index (χ3n) is 4.81. The van der Waals surface area contributed by atoms with Crippen molar-refractivity contribution in [2.45, 2.75) is 46.7 Å². The molecule has 0 aliphatic heterocycles. The van der Waals surface area contributed by atoms with E-state index >= 15 is 0 Å². The fourth-order valence-corrected chi connectivity index (χ4v) is 3.29. The zero-order valence-corrected chi connectivity index (χ0v) is 18.9. The maximum absolute atomic E-state index is 13.2. The van der Waals surface area contributed by atoms with Crippen LogP contribution in [0.25, 0.3) is 0 Å². The van der Waals surface area contributed by atoms with Crippen LogP contribution >= 0.6 is 11.6 Å². The van der Waals surface area contributed by atoms with Crippen LogP contribution in [-0.2, 0) is 16.1 Å². The highest BCUT2D eigenvalue weighted by Crippen LogP contribution is 2.21. The Balaban J connectivity index is 2.22. The molecule has 2 aromatic carbocycles. The lowest BCUT2D eigenvalue weighted by Crippen LogP contribution is -2.50. The van der Waals surface area contributed by atoms with E-state index in [1.54, 1.807) is 11.0 Å². The molecule has 0 aromatic heterocycles. The van der Waals surface area contributed by atoms with Gasteiger partial charge >= 0.3 is 0 Å². The minimum absolute atomic E-state index is 0.150. The molecule has 2 rings (SSSR count). The van der Waals surface area contributed by atoms with Gasteiger partial charge in [0.25, 0.3) is 5.91 Å². The number of carbonyl (C=O) groups excluding carboxylic acids is 2. The SMILES string of the molecule is CCC(C(=O)NCC(C)C)N(Cc1ccccc1Cl)C(=O)COc1ccccc1C. The van der Waals surface area contributed by atoms with E-state index in [1.165, 1.54) is 0 Å². The summed E-state index contributed by atoms with van der Waals surface area (Å²) in [5.74, 6) is 0.552. The van der Waals surface area contributed by atoms with E-state index in [4.69, 9.17) is 16.3 Å². The number of ether oxygens (including phenoxy) is 1. The highest BCUT2D eigenvalue weighted by atomic mass is 35.5. The maximum Gasteiger partial charge on any atom is 0.261 e. The predicted molar refractivity (Wildman–Crippen MR) is 121 cm³/mol. The fourth-order valence-electron chi connectivity index (χ4n) is 3.09. The third-order valence-corrected chi connectivity index (χ3v) is 5.18. The second-order valence-electron chi connectivity index (χ2n) is 7.73. The molecule has 2 amide bonds. The maximum atomic E-state index is 13.2. The Hall–Kier alpha value is -2.53. The van der Waals surface area contributed by atoms with Crippen molar-refractivity contribution < 1.29 is 14.3 Å². The number of carbonyl (C=O) groups is 2. The summed E-state index contributed by atoms with van der Waals surface area (Å²) in [4.78, 5) is 27.6. The molecule has 1 N–H and O–H groups in total. The van der Waals surface area contributed by atoms with E-state index in [1.807, 2.05) is 70.2 Å². The number of amides is 2. The standard InChI is InChI=1S/C24H31ClN2O3/c1-5-21(24(29)26-14-17(2)3)27(15-19-11-7-8-12-20(19)25)23(28)16-30-22-13-9-6-10-18(22)4/h6-13,17,21H,5,14-16H2,1-4H3,(H,26,29). The number of rotatable bonds is 10. The van der Waals surface area contributed by atoms with E-state index in [-0.39, 0.29) is 25.0 Å². The van der Waals surface area contributed by atoms with E-state index in [9.17, 15) is 9.59 Å². The summed E-state index contributed by atoms with van der Waals surface area (Å²) in [5, 5.41) is 3.51. The molecule has 2 aromatic rings. The smallest absolute Gasteiger partial charge is 0.261 e. The van der Waals surface area contributed by atoms with Gasteiger partial charge in [0.1, 0.15) is 11.8 Å². The van der Waals surface area contributed by atoms with Gasteiger partial charge in [-0.3, -0.25) is 9.59 Å². The van der Waals surface area contributed by atoms with Gasteiger partial charge in [-0.25, -0.2) is 0 Å². The molecular weight excluding hydrogens is 400 g/mol. The fraction of sp³-hybridized carbons (Fsp3) is 0.417. The molecule has 0 radical (unpaired) electrons. The molecule has 162 valence electrons. The molecular formula is C24H31ClN2O3. The van der Waals surface area contributed by atoms with Gasteiger partial charge in [0, 0.05) is 18.1 Å². The van der Waals surface area contributed by atoms with Crippen LogP contribution in [0.3, 0.4) is 0 Å². The Morgan fingerprint density at radius 2 is 1.77 bits per heavy atom. The minimum atomic E-state index is -0.604. The molecule has 0 saturated carbocycles. The lowest BCUT2D eigenvalue weighted by atomic mass is 10.1. The molecule has 5 nitrogen and oxygen atoms in total. The van der Waals surface area contributed by atoms with E-state index in [0.717, 1.165) is 11.1 Å². The van der Waals surface area contributed by atoms with Crippen LogP contribution in [0.4, 0.5) is 0 Å². The first-order chi connectivity index (χ1) is 14.3. The van der Waals surface area contributed by atoms with Crippen LogP contribution in [0.15, 0.2) is 48.5 Å². The highest BCUT2D eigenvalue weighted by molar-refractivity contribution is 6.31. The van der Waals surface area contributed by atoms with Crippen molar-refractivity contribution in [2.75, 3.05) is 13.2 Å². The van der Waals surface area contributed by atoms with Crippen LogP contribution in [-0.4, -0.2) is 35.9 Å². The summed E-state index contributed by atoms with van der Waals surface area (Å²) >= 11 is 6.33. The molecule has 0 aliphatic carbocycles. The van der Waals surface area contributed by atoms with Crippen LogP contribution in [0, 0.1) is 12.8 Å². The molecule has 1 unspecified atom stereocenters. The number of benzene rings is 2. The lowest BCUT2D eigenvalue weighted by molar-refractivity contribution is -0.143. The van der Waals surface area contributed by atoms with E-state index in [0.29, 0.717) is 29.7 Å². The Morgan fingerprint density at radius 3 is 2.40 bits per heavy atom. The summed E-state index contributed by atoms with van der Waals surface area (Å²) in [7, 11) is 0.